The second kappa shape index (κ2) is 6.71. The highest BCUT2D eigenvalue weighted by atomic mass is 16.5. The Kier molecular flexibility index (Phi) is 4.72. The highest BCUT2D eigenvalue weighted by Crippen LogP contribution is 2.24. The van der Waals surface area contributed by atoms with E-state index in [0.29, 0.717) is 12.4 Å². The van der Waals surface area contributed by atoms with Crippen LogP contribution in [-0.4, -0.2) is 35.7 Å². The maximum atomic E-state index is 5.63. The van der Waals surface area contributed by atoms with E-state index in [9.17, 15) is 0 Å². The fraction of sp³-hybridized carbons (Fsp3) is 0.308. The molecule has 1 heterocycles. The second-order valence-electron chi connectivity index (χ2n) is 4.30. The molecule has 0 unspecified atom stereocenters. The third kappa shape index (κ3) is 3.93. The zero-order valence-electron chi connectivity index (χ0n) is 12.2. The van der Waals surface area contributed by atoms with Crippen molar-refractivity contribution in [2.45, 2.75) is 6.92 Å². The molecule has 1 aromatic heterocycles. The molecule has 0 bridgehead atoms. The van der Waals surface area contributed by atoms with Gasteiger partial charge >= 0.3 is 12.0 Å². The Morgan fingerprint density at radius 3 is 2.62 bits per heavy atom. The molecule has 0 saturated carbocycles. The summed E-state index contributed by atoms with van der Waals surface area (Å²) < 4.78 is 10.9. The summed E-state index contributed by atoms with van der Waals surface area (Å²) in [5, 5.41) is 0. The van der Waals surface area contributed by atoms with Crippen molar-refractivity contribution in [1.29, 1.82) is 0 Å². The summed E-state index contributed by atoms with van der Waals surface area (Å²) in [7, 11) is 3.90. The van der Waals surface area contributed by atoms with Crippen molar-refractivity contribution in [1.82, 2.24) is 15.0 Å². The second-order valence-corrected chi connectivity index (χ2v) is 4.30. The van der Waals surface area contributed by atoms with Gasteiger partial charge in [0.25, 0.3) is 0 Å². The number of hydrazine groups is 1. The van der Waals surface area contributed by atoms with Crippen molar-refractivity contribution in [3.05, 3.63) is 24.3 Å². The maximum Gasteiger partial charge on any atom is 0.330 e. The summed E-state index contributed by atoms with van der Waals surface area (Å²) in [5.41, 5.74) is 3.35. The van der Waals surface area contributed by atoms with Crippen LogP contribution in [-0.2, 0) is 0 Å². The van der Waals surface area contributed by atoms with Gasteiger partial charge in [0.2, 0.25) is 5.95 Å². The van der Waals surface area contributed by atoms with Crippen molar-refractivity contribution in [2.75, 3.05) is 31.0 Å². The molecule has 2 aromatic rings. The van der Waals surface area contributed by atoms with Crippen molar-refractivity contribution < 1.29 is 9.47 Å². The van der Waals surface area contributed by atoms with Crippen LogP contribution < -0.4 is 25.6 Å². The summed E-state index contributed by atoms with van der Waals surface area (Å²) in [4.78, 5) is 14.0. The van der Waals surface area contributed by atoms with Gasteiger partial charge in [-0.25, -0.2) is 5.84 Å². The first-order valence-electron chi connectivity index (χ1n) is 6.43. The molecule has 0 aliphatic heterocycles. The monoisotopic (exact) mass is 290 g/mol. The van der Waals surface area contributed by atoms with Gasteiger partial charge < -0.3 is 14.4 Å². The Hall–Kier alpha value is -2.61. The molecule has 21 heavy (non-hydrogen) atoms. The van der Waals surface area contributed by atoms with E-state index in [2.05, 4.69) is 20.4 Å². The van der Waals surface area contributed by atoms with E-state index in [1.165, 1.54) is 0 Å². The van der Waals surface area contributed by atoms with Crippen molar-refractivity contribution in [3.8, 4) is 17.8 Å². The van der Waals surface area contributed by atoms with Crippen molar-refractivity contribution in [2.24, 2.45) is 5.84 Å². The lowest BCUT2D eigenvalue weighted by Gasteiger charge is -2.13. The van der Waals surface area contributed by atoms with Crippen LogP contribution in [0.2, 0.25) is 0 Å². The van der Waals surface area contributed by atoms with Gasteiger partial charge in [-0.3, -0.25) is 5.43 Å². The predicted octanol–water partition coefficient (Wildman–Crippen LogP) is 1.41. The van der Waals surface area contributed by atoms with Gasteiger partial charge in [0, 0.05) is 25.8 Å². The minimum Gasteiger partial charge on any atom is -0.464 e. The molecule has 0 radical (unpaired) electrons. The van der Waals surface area contributed by atoms with Gasteiger partial charge in [0.05, 0.1) is 6.61 Å². The van der Waals surface area contributed by atoms with Crippen LogP contribution in [0.1, 0.15) is 6.92 Å². The number of hydrogen-bond donors (Lipinski definition) is 2. The summed E-state index contributed by atoms with van der Waals surface area (Å²) in [6.45, 7) is 2.27. The minimum absolute atomic E-state index is 0.109. The van der Waals surface area contributed by atoms with E-state index in [1.54, 1.807) is 0 Å². The van der Waals surface area contributed by atoms with Crippen LogP contribution in [0.3, 0.4) is 0 Å². The van der Waals surface area contributed by atoms with E-state index in [0.717, 1.165) is 5.69 Å². The highest BCUT2D eigenvalue weighted by molar-refractivity contribution is 5.49. The number of nitrogens with zero attached hydrogens (tertiary/aromatic N) is 4. The molecule has 1 aromatic carbocycles. The number of nitrogens with one attached hydrogen (secondary N) is 1. The quantitative estimate of drug-likeness (QED) is 0.608. The number of aromatic nitrogens is 3. The lowest BCUT2D eigenvalue weighted by Crippen LogP contribution is -2.13. The molecule has 0 saturated heterocycles. The maximum absolute atomic E-state index is 5.63. The topological polar surface area (TPSA) is 98.4 Å². The zero-order chi connectivity index (χ0) is 15.2. The first kappa shape index (κ1) is 14.8. The first-order valence-corrected chi connectivity index (χ1v) is 6.43. The Labute approximate surface area is 122 Å². The van der Waals surface area contributed by atoms with E-state index >= 15 is 0 Å². The number of nitrogens with two attached hydrogens (primary N) is 1. The van der Waals surface area contributed by atoms with Crippen LogP contribution in [0.4, 0.5) is 11.6 Å². The van der Waals surface area contributed by atoms with Crippen LogP contribution >= 0.6 is 0 Å². The molecule has 0 spiro atoms. The first-order chi connectivity index (χ1) is 10.1. The molecule has 8 heteroatoms. The van der Waals surface area contributed by atoms with Crippen LogP contribution in [0, 0.1) is 0 Å². The molecule has 0 atom stereocenters. The highest BCUT2D eigenvalue weighted by Gasteiger charge is 2.09. The SMILES string of the molecule is CCOc1nc(NN)nc(Oc2cccc(N(C)C)c2)n1. The normalized spacial score (nSPS) is 10.1. The Morgan fingerprint density at radius 2 is 1.95 bits per heavy atom. The van der Waals surface area contributed by atoms with Crippen LogP contribution in [0.5, 0.6) is 17.8 Å². The minimum atomic E-state index is 0.109. The number of anilines is 2. The number of ether oxygens (including phenoxy) is 2. The summed E-state index contributed by atoms with van der Waals surface area (Å²) >= 11 is 0. The standard InChI is InChI=1S/C13H18N6O2/c1-4-20-12-15-11(18-14)16-13(17-12)21-10-7-5-6-9(8-10)19(2)3/h5-8H,4,14H2,1-3H3,(H,15,16,17,18). The van der Waals surface area contributed by atoms with E-state index in [-0.39, 0.29) is 18.0 Å². The molecule has 8 nitrogen and oxygen atoms in total. The number of hydrogen-bond acceptors (Lipinski definition) is 8. The van der Waals surface area contributed by atoms with Gasteiger partial charge in [0.15, 0.2) is 0 Å². The van der Waals surface area contributed by atoms with Gasteiger partial charge in [0.1, 0.15) is 5.75 Å². The number of nitrogen functional groups attached to an aromatic ring is 1. The molecular weight excluding hydrogens is 272 g/mol. The molecule has 2 rings (SSSR count). The number of benzene rings is 1. The Balaban J connectivity index is 2.25. The fourth-order valence-corrected chi connectivity index (χ4v) is 1.57. The molecular formula is C13H18N6O2. The predicted molar refractivity (Wildman–Crippen MR) is 79.6 cm³/mol. The van der Waals surface area contributed by atoms with Gasteiger partial charge in [-0.1, -0.05) is 6.07 Å². The third-order valence-electron chi connectivity index (χ3n) is 2.54. The van der Waals surface area contributed by atoms with E-state index in [4.69, 9.17) is 15.3 Å². The van der Waals surface area contributed by atoms with Gasteiger partial charge in [-0.15, -0.1) is 4.98 Å². The number of rotatable bonds is 6. The molecule has 3 N–H and O–H groups in total. The lowest BCUT2D eigenvalue weighted by atomic mass is 10.3. The average molecular weight is 290 g/mol. The summed E-state index contributed by atoms with van der Waals surface area (Å²) in [6.07, 6.45) is 0. The van der Waals surface area contributed by atoms with E-state index < -0.39 is 0 Å². The summed E-state index contributed by atoms with van der Waals surface area (Å²) in [5.74, 6) is 6.10. The fourth-order valence-electron chi connectivity index (χ4n) is 1.57. The Bertz CT molecular complexity index is 605. The van der Waals surface area contributed by atoms with Crippen LogP contribution in [0.25, 0.3) is 0 Å². The van der Waals surface area contributed by atoms with Gasteiger partial charge in [-0.05, 0) is 19.1 Å². The molecule has 112 valence electrons. The molecule has 0 amide bonds. The molecule has 0 aliphatic rings. The van der Waals surface area contributed by atoms with E-state index in [1.807, 2.05) is 50.2 Å². The average Bonchev–Trinajstić information content (AvgIpc) is 2.47. The molecule has 0 fully saturated rings. The van der Waals surface area contributed by atoms with Crippen molar-refractivity contribution in [3.63, 3.8) is 0 Å². The summed E-state index contributed by atoms with van der Waals surface area (Å²) in [6, 6.07) is 7.80. The third-order valence-corrected chi connectivity index (χ3v) is 2.54. The largest absolute Gasteiger partial charge is 0.464 e. The molecule has 0 aliphatic carbocycles. The van der Waals surface area contributed by atoms with Crippen LogP contribution in [0.15, 0.2) is 24.3 Å². The zero-order valence-corrected chi connectivity index (χ0v) is 12.2. The van der Waals surface area contributed by atoms with Gasteiger partial charge in [-0.2, -0.15) is 9.97 Å². The smallest absolute Gasteiger partial charge is 0.330 e. The lowest BCUT2D eigenvalue weighted by molar-refractivity contribution is 0.304. The van der Waals surface area contributed by atoms with Crippen molar-refractivity contribution >= 4 is 11.6 Å². The Morgan fingerprint density at radius 1 is 1.19 bits per heavy atom.